The Morgan fingerprint density at radius 2 is 1.95 bits per heavy atom. The Morgan fingerprint density at radius 3 is 2.64 bits per heavy atom. The van der Waals surface area contributed by atoms with E-state index in [1.807, 2.05) is 26.8 Å². The summed E-state index contributed by atoms with van der Waals surface area (Å²) in [6.45, 7) is 7.36. The van der Waals surface area contributed by atoms with Crippen LogP contribution >= 0.6 is 23.2 Å². The van der Waals surface area contributed by atoms with Gasteiger partial charge in [-0.25, -0.2) is 4.98 Å². The molecule has 0 radical (unpaired) electrons. The molecule has 0 bridgehead atoms. The van der Waals surface area contributed by atoms with E-state index in [2.05, 4.69) is 21.8 Å². The van der Waals surface area contributed by atoms with Gasteiger partial charge in [-0.1, -0.05) is 29.3 Å². The maximum Gasteiger partial charge on any atom is 0.305 e. The molecule has 1 aliphatic rings. The normalized spacial score (nSPS) is 13.9. The Hall–Kier alpha value is -3.14. The highest BCUT2D eigenvalue weighted by Crippen LogP contribution is 2.27. The summed E-state index contributed by atoms with van der Waals surface area (Å²) in [4.78, 5) is 29.8. The molecular weight excluding hydrogens is 541 g/mol. The number of aromatic nitrogens is 3. The minimum atomic E-state index is -1.07. The van der Waals surface area contributed by atoms with Gasteiger partial charge in [0.25, 0.3) is 5.91 Å². The summed E-state index contributed by atoms with van der Waals surface area (Å²) in [5.74, 6) is -0.608. The highest BCUT2D eigenvalue weighted by molar-refractivity contribution is 6.34. The van der Waals surface area contributed by atoms with E-state index in [0.29, 0.717) is 39.8 Å². The van der Waals surface area contributed by atoms with Crippen LogP contribution in [0.3, 0.4) is 0 Å². The van der Waals surface area contributed by atoms with E-state index in [4.69, 9.17) is 32.9 Å². The number of benzene rings is 1. The molecule has 3 heterocycles. The van der Waals surface area contributed by atoms with Gasteiger partial charge in [-0.3, -0.25) is 14.3 Å². The van der Waals surface area contributed by atoms with Crippen molar-refractivity contribution < 1.29 is 19.4 Å². The van der Waals surface area contributed by atoms with Crippen LogP contribution in [0.4, 0.5) is 5.82 Å². The Balaban J connectivity index is 1.57. The highest BCUT2D eigenvalue weighted by Gasteiger charge is 2.25. The number of aryl methyl sites for hydroxylation is 3. The number of nitrogens with one attached hydrogen (secondary N) is 2. The van der Waals surface area contributed by atoms with Crippen LogP contribution in [-0.2, 0) is 35.5 Å². The molecule has 39 heavy (non-hydrogen) atoms. The lowest BCUT2D eigenvalue weighted by Gasteiger charge is -2.22. The molecule has 1 amide bonds. The van der Waals surface area contributed by atoms with Crippen molar-refractivity contribution in [3.05, 3.63) is 74.7 Å². The summed E-state index contributed by atoms with van der Waals surface area (Å²) in [5, 5.41) is 20.8. The third-order valence-corrected chi connectivity index (χ3v) is 6.77. The molecule has 208 valence electrons. The van der Waals surface area contributed by atoms with Crippen molar-refractivity contribution in [3.8, 4) is 0 Å². The van der Waals surface area contributed by atoms with Crippen molar-refractivity contribution in [3.63, 3.8) is 0 Å². The topological polar surface area (TPSA) is 118 Å². The van der Waals surface area contributed by atoms with Crippen molar-refractivity contribution in [2.75, 3.05) is 11.9 Å². The third-order valence-electron chi connectivity index (χ3n) is 6.34. The van der Waals surface area contributed by atoms with Crippen LogP contribution in [0, 0.1) is 0 Å². The molecule has 1 unspecified atom stereocenters. The first-order valence-corrected chi connectivity index (χ1v) is 13.6. The van der Waals surface area contributed by atoms with Crippen molar-refractivity contribution in [1.29, 1.82) is 0 Å². The van der Waals surface area contributed by atoms with Gasteiger partial charge in [0.15, 0.2) is 0 Å². The number of carbonyl (C=O) groups excluding carboxylic acids is 1. The van der Waals surface area contributed by atoms with Gasteiger partial charge in [0.05, 0.1) is 42.1 Å². The van der Waals surface area contributed by atoms with E-state index in [9.17, 15) is 14.7 Å². The van der Waals surface area contributed by atoms with E-state index in [1.165, 1.54) is 11.8 Å². The number of fused-ring (bicyclic) bond motifs is 1. The molecule has 4 rings (SSSR count). The van der Waals surface area contributed by atoms with Gasteiger partial charge in [-0.15, -0.1) is 0 Å². The molecule has 0 aliphatic carbocycles. The average molecular weight is 575 g/mol. The first-order chi connectivity index (χ1) is 18.5. The molecule has 3 aromatic rings. The number of carbonyl (C=O) groups is 2. The number of pyridine rings is 1. The van der Waals surface area contributed by atoms with Crippen molar-refractivity contribution in [1.82, 2.24) is 20.1 Å². The van der Waals surface area contributed by atoms with Crippen LogP contribution in [0.25, 0.3) is 0 Å². The Bertz CT molecular complexity index is 1330. The number of halogens is 2. The number of carboxylic acid groups (broad SMARTS) is 1. The Kier molecular flexibility index (Phi) is 9.15. The zero-order valence-corrected chi connectivity index (χ0v) is 23.8. The first-order valence-electron chi connectivity index (χ1n) is 12.9. The Labute approximate surface area is 237 Å². The molecule has 11 heteroatoms. The van der Waals surface area contributed by atoms with Gasteiger partial charge < -0.3 is 20.5 Å². The van der Waals surface area contributed by atoms with Gasteiger partial charge in [0.1, 0.15) is 5.82 Å². The number of nitrogens with zero attached hydrogens (tertiary/aromatic N) is 3. The number of aliphatic carboxylic acids is 1. The lowest BCUT2D eigenvalue weighted by Crippen LogP contribution is -2.31. The predicted molar refractivity (Wildman–Crippen MR) is 150 cm³/mol. The number of hydrogen-bond acceptors (Lipinski definition) is 6. The molecule has 0 saturated carbocycles. The van der Waals surface area contributed by atoms with Gasteiger partial charge in [0, 0.05) is 35.2 Å². The maximum atomic E-state index is 13.5. The van der Waals surface area contributed by atoms with Gasteiger partial charge >= 0.3 is 5.97 Å². The fourth-order valence-corrected chi connectivity index (χ4v) is 4.94. The fraction of sp³-hybridized carbons (Fsp3) is 0.429. The van der Waals surface area contributed by atoms with Gasteiger partial charge in [-0.2, -0.15) is 5.10 Å². The van der Waals surface area contributed by atoms with E-state index in [1.54, 1.807) is 22.9 Å². The summed E-state index contributed by atoms with van der Waals surface area (Å²) < 4.78 is 7.77. The minimum absolute atomic E-state index is 0.151. The predicted octanol–water partition coefficient (Wildman–Crippen LogP) is 5.45. The second kappa shape index (κ2) is 12.4. The molecule has 1 aliphatic heterocycles. The van der Waals surface area contributed by atoms with Crippen LogP contribution in [0.5, 0.6) is 0 Å². The van der Waals surface area contributed by atoms with Crippen molar-refractivity contribution >= 4 is 40.9 Å². The Morgan fingerprint density at radius 1 is 1.21 bits per heavy atom. The average Bonchev–Trinajstić information content (AvgIpc) is 3.27. The van der Waals surface area contributed by atoms with Crippen LogP contribution in [0.15, 0.2) is 36.5 Å². The monoisotopic (exact) mass is 573 g/mol. The maximum absolute atomic E-state index is 13.5. The molecule has 1 atom stereocenters. The quantitative estimate of drug-likeness (QED) is 0.295. The summed E-state index contributed by atoms with van der Waals surface area (Å²) in [6.07, 6.45) is 3.87. The van der Waals surface area contributed by atoms with E-state index < -0.39 is 23.5 Å². The molecular formula is C28H33Cl2N5O4. The standard InChI is InChI=1S/C28H33Cl2N5O4/c1-28(2,3)39-16-24-22(27(38)34-23(14-25(36)37)18-11-19(29)13-20(30)12-18)15-32-35(24)10-8-21-7-6-17-5-4-9-31-26(17)33-21/h6-7,11-13,15,23H,4-5,8-10,14,16H2,1-3H3,(H,31,33)(H,34,38)(H,36,37). The summed E-state index contributed by atoms with van der Waals surface area (Å²) in [7, 11) is 0. The summed E-state index contributed by atoms with van der Waals surface area (Å²) in [5.41, 5.74) is 3.10. The molecule has 2 aromatic heterocycles. The molecule has 9 nitrogen and oxygen atoms in total. The number of amides is 1. The van der Waals surface area contributed by atoms with E-state index in [0.717, 1.165) is 30.9 Å². The van der Waals surface area contributed by atoms with E-state index in [-0.39, 0.29) is 13.0 Å². The van der Waals surface area contributed by atoms with Crippen molar-refractivity contribution in [2.24, 2.45) is 0 Å². The number of carboxylic acids is 1. The summed E-state index contributed by atoms with van der Waals surface area (Å²) in [6, 6.07) is 8.02. The molecule has 3 N–H and O–H groups in total. The van der Waals surface area contributed by atoms with Crippen LogP contribution in [0.1, 0.15) is 72.5 Å². The van der Waals surface area contributed by atoms with E-state index >= 15 is 0 Å². The molecule has 0 saturated heterocycles. The van der Waals surface area contributed by atoms with Crippen LogP contribution < -0.4 is 10.6 Å². The number of anilines is 1. The smallest absolute Gasteiger partial charge is 0.305 e. The summed E-state index contributed by atoms with van der Waals surface area (Å²) >= 11 is 12.3. The second-order valence-corrected chi connectivity index (χ2v) is 11.4. The van der Waals surface area contributed by atoms with Crippen LogP contribution in [-0.4, -0.2) is 43.9 Å². The molecule has 0 fully saturated rings. The third kappa shape index (κ3) is 7.94. The lowest BCUT2D eigenvalue weighted by atomic mass is 10.0. The zero-order valence-electron chi connectivity index (χ0n) is 22.3. The SMILES string of the molecule is CC(C)(C)OCc1c(C(=O)NC(CC(=O)O)c2cc(Cl)cc(Cl)c2)cnn1CCc1ccc2c(n1)NCCC2. The minimum Gasteiger partial charge on any atom is -0.481 e. The second-order valence-electron chi connectivity index (χ2n) is 10.5. The lowest BCUT2D eigenvalue weighted by molar-refractivity contribution is -0.137. The largest absolute Gasteiger partial charge is 0.481 e. The van der Waals surface area contributed by atoms with Crippen LogP contribution in [0.2, 0.25) is 10.0 Å². The number of ether oxygens (including phenoxy) is 1. The number of rotatable bonds is 10. The van der Waals surface area contributed by atoms with Gasteiger partial charge in [-0.05, 0) is 69.0 Å². The molecule has 1 aromatic carbocycles. The highest BCUT2D eigenvalue weighted by atomic mass is 35.5. The van der Waals surface area contributed by atoms with Gasteiger partial charge in [0.2, 0.25) is 0 Å². The fourth-order valence-electron chi connectivity index (χ4n) is 4.40. The zero-order chi connectivity index (χ0) is 28.2. The number of hydrogen-bond donors (Lipinski definition) is 3. The first kappa shape index (κ1) is 28.9. The molecule has 0 spiro atoms. The van der Waals surface area contributed by atoms with Crippen molar-refractivity contribution in [2.45, 2.75) is 71.2 Å².